The second-order valence-electron chi connectivity index (χ2n) is 8.86. The van der Waals surface area contributed by atoms with Gasteiger partial charge in [0.2, 0.25) is 5.95 Å². The Balaban J connectivity index is 1.62. The predicted octanol–water partition coefficient (Wildman–Crippen LogP) is 2.21. The smallest absolute Gasteiger partial charge is 0.323 e. The van der Waals surface area contributed by atoms with Gasteiger partial charge in [-0.25, -0.2) is 18.9 Å². The van der Waals surface area contributed by atoms with E-state index in [2.05, 4.69) is 25.4 Å². The van der Waals surface area contributed by atoms with E-state index < -0.39 is 49.1 Å². The quantitative estimate of drug-likeness (QED) is 0.201. The largest absolute Gasteiger partial charge is 0.468 e. The monoisotopic (exact) mass is 587 g/mol. The summed E-state index contributed by atoms with van der Waals surface area (Å²) < 4.78 is 54.8. The number of methoxy groups -OCH3 is 1. The maximum atomic E-state index is 16.2. The van der Waals surface area contributed by atoms with Crippen molar-refractivity contribution >= 4 is 47.3 Å². The van der Waals surface area contributed by atoms with Gasteiger partial charge < -0.3 is 34.7 Å². The molecule has 0 bridgehead atoms. The Labute approximate surface area is 227 Å². The number of nitrogens with two attached hydrogens (primary N) is 1. The maximum Gasteiger partial charge on any atom is 0.323 e. The van der Waals surface area contributed by atoms with Crippen LogP contribution in [0.25, 0.3) is 11.2 Å². The highest BCUT2D eigenvalue weighted by molar-refractivity contribution is 8.09. The molecule has 0 radical (unpaired) electrons. The molecule has 1 aliphatic rings. The minimum atomic E-state index is -3.70. The number of fused-ring (bicyclic) bond motifs is 1. The number of nitrogens with zero attached hydrogens (tertiary/aromatic N) is 4. The number of hydrogen-bond acceptors (Lipinski definition) is 12. The summed E-state index contributed by atoms with van der Waals surface area (Å²) in [6.45, 7) is -2.34. The summed E-state index contributed by atoms with van der Waals surface area (Å²) in [5, 5.41) is 16.3. The van der Waals surface area contributed by atoms with Crippen molar-refractivity contribution < 1.29 is 37.2 Å². The average molecular weight is 588 g/mol. The lowest BCUT2D eigenvalue weighted by atomic mass is 9.97. The number of carbonyl (C=O) groups excluding carboxylic acids is 1. The van der Waals surface area contributed by atoms with E-state index in [1.54, 1.807) is 37.4 Å². The Morgan fingerprint density at radius 2 is 2.05 bits per heavy atom. The van der Waals surface area contributed by atoms with Gasteiger partial charge in [-0.2, -0.15) is 9.97 Å². The summed E-state index contributed by atoms with van der Waals surface area (Å²) >= 11 is 5.52. The number of rotatable bonds is 10. The molecule has 212 valence electrons. The number of benzene rings is 1. The van der Waals surface area contributed by atoms with Crippen LogP contribution in [0, 0.1) is 0 Å². The van der Waals surface area contributed by atoms with Crippen LogP contribution in [0.3, 0.4) is 0 Å². The summed E-state index contributed by atoms with van der Waals surface area (Å²) in [6, 6.07) is 7.23. The first-order valence-electron chi connectivity index (χ1n) is 11.6. The number of carbonyl (C=O) groups is 1. The molecule has 0 aliphatic carbocycles. The van der Waals surface area contributed by atoms with E-state index in [1.165, 1.54) is 20.4 Å². The highest BCUT2D eigenvalue weighted by Crippen LogP contribution is 2.52. The Bertz CT molecular complexity index is 1400. The van der Waals surface area contributed by atoms with Gasteiger partial charge in [-0.3, -0.25) is 9.36 Å². The molecule has 3 heterocycles. The van der Waals surface area contributed by atoms with Gasteiger partial charge in [0.15, 0.2) is 35.0 Å². The Hall–Kier alpha value is -3.01. The predicted molar refractivity (Wildman–Crippen MR) is 141 cm³/mol. The number of para-hydroxylation sites is 1. The summed E-state index contributed by atoms with van der Waals surface area (Å²) in [7, 11) is 2.76. The van der Waals surface area contributed by atoms with E-state index in [4.69, 9.17) is 36.1 Å². The molecule has 13 nitrogen and oxygen atoms in total. The van der Waals surface area contributed by atoms with Crippen LogP contribution in [0.2, 0.25) is 0 Å². The number of alkyl halides is 2. The number of aliphatic hydroxyl groups excluding tert-OH is 1. The first-order chi connectivity index (χ1) is 18.3. The van der Waals surface area contributed by atoms with Crippen molar-refractivity contribution in [2.24, 2.45) is 0 Å². The molecule has 39 heavy (non-hydrogen) atoms. The van der Waals surface area contributed by atoms with Crippen molar-refractivity contribution in [3.63, 3.8) is 0 Å². The van der Waals surface area contributed by atoms with Crippen molar-refractivity contribution in [3.8, 4) is 5.75 Å². The molecule has 0 saturated carbocycles. The normalized spacial score (nSPS) is 27.2. The topological polar surface area (TPSA) is 168 Å². The number of anilines is 2. The molecule has 1 aliphatic heterocycles. The number of ether oxygens (including phenoxy) is 2. The van der Waals surface area contributed by atoms with E-state index in [0.29, 0.717) is 0 Å². The van der Waals surface area contributed by atoms with E-state index in [0.717, 1.165) is 11.5 Å². The van der Waals surface area contributed by atoms with Crippen LogP contribution in [0.1, 0.15) is 20.1 Å². The zero-order chi connectivity index (χ0) is 28.6. The zero-order valence-corrected chi connectivity index (χ0v) is 23.1. The lowest BCUT2D eigenvalue weighted by molar-refractivity contribution is -0.202. The van der Waals surface area contributed by atoms with Crippen LogP contribution in [0.5, 0.6) is 5.75 Å². The van der Waals surface area contributed by atoms with Crippen LogP contribution in [-0.4, -0.2) is 75.0 Å². The van der Waals surface area contributed by atoms with Gasteiger partial charge in [0.05, 0.1) is 13.4 Å². The van der Waals surface area contributed by atoms with Crippen LogP contribution < -0.4 is 20.7 Å². The minimum absolute atomic E-state index is 0.0455. The molecule has 1 aromatic carbocycles. The fourth-order valence-electron chi connectivity index (χ4n) is 3.99. The molecule has 2 aromatic heterocycles. The second-order valence-corrected chi connectivity index (χ2v) is 12.0. The number of esters is 1. The average Bonchev–Trinajstić information content (AvgIpc) is 3.39. The number of hydrogen-bond donors (Lipinski definition) is 4. The van der Waals surface area contributed by atoms with Gasteiger partial charge in [0, 0.05) is 7.05 Å². The van der Waals surface area contributed by atoms with E-state index in [1.807, 2.05) is 0 Å². The molecule has 17 heteroatoms. The highest BCUT2D eigenvalue weighted by Gasteiger charge is 2.65. The van der Waals surface area contributed by atoms with Crippen molar-refractivity contribution in [3.05, 3.63) is 36.7 Å². The molecule has 0 amide bonds. The van der Waals surface area contributed by atoms with Gasteiger partial charge >= 0.3 is 12.6 Å². The number of imidazole rings is 1. The SMILES string of the molecule is CNc1nc(N)nc2c1ncn2[C@@H]1O[C@](F)(COP(=S)(N[C@@H](C)C(=O)OC)Oc2ccccc2)[C@@H](O)[C@@]1(C)F. The first-order valence-corrected chi connectivity index (χ1v) is 14.2. The number of nitrogen functional groups attached to an aromatic ring is 1. The van der Waals surface area contributed by atoms with E-state index in [-0.39, 0.29) is 28.7 Å². The lowest BCUT2D eigenvalue weighted by Gasteiger charge is -2.30. The highest BCUT2D eigenvalue weighted by atomic mass is 32.5. The Morgan fingerprint density at radius 1 is 1.36 bits per heavy atom. The molecule has 1 unspecified atom stereocenters. The number of nitrogens with one attached hydrogen (secondary N) is 2. The van der Waals surface area contributed by atoms with Crippen molar-refractivity contribution in [1.82, 2.24) is 24.6 Å². The van der Waals surface area contributed by atoms with Gasteiger partial charge in [0.1, 0.15) is 18.4 Å². The third-order valence-electron chi connectivity index (χ3n) is 5.97. The van der Waals surface area contributed by atoms with Gasteiger partial charge in [-0.05, 0) is 37.8 Å². The van der Waals surface area contributed by atoms with Crippen LogP contribution in [0.4, 0.5) is 20.5 Å². The minimum Gasteiger partial charge on any atom is -0.468 e. The standard InChI is InChI=1S/C22H28F2N7O6PS/c1-12(17(32)34-4)30-38(39,37-13-8-6-5-7-9-13)35-10-22(24)18(33)21(2,23)19(36-22)31-11-27-14-15(26-3)28-20(25)29-16(14)31/h5-9,11-12,18-19,33H,10H2,1-4H3,(H,30,39)(H3,25,26,28,29)/t12-,18-,19+,21+,22+,38?/m0/s1. The van der Waals surface area contributed by atoms with Gasteiger partial charge in [-0.15, -0.1) is 0 Å². The first kappa shape index (κ1) is 29.0. The van der Waals surface area contributed by atoms with E-state index in [9.17, 15) is 9.90 Å². The fraction of sp³-hybridized carbons (Fsp3) is 0.455. The fourth-order valence-corrected chi connectivity index (χ4v) is 6.39. The zero-order valence-electron chi connectivity index (χ0n) is 21.4. The maximum absolute atomic E-state index is 16.2. The molecular formula is C22H28F2N7O6PS. The molecule has 0 spiro atoms. The van der Waals surface area contributed by atoms with Crippen molar-refractivity contribution in [2.45, 2.75) is 43.7 Å². The number of aromatic nitrogens is 4. The lowest BCUT2D eigenvalue weighted by Crippen LogP contribution is -2.47. The summed E-state index contributed by atoms with van der Waals surface area (Å²) in [5.41, 5.74) is 3.34. The van der Waals surface area contributed by atoms with Gasteiger partial charge in [0.25, 0.3) is 5.85 Å². The number of halogens is 2. The second kappa shape index (κ2) is 10.9. The van der Waals surface area contributed by atoms with Gasteiger partial charge in [-0.1, -0.05) is 18.2 Å². The molecule has 1 fully saturated rings. The molecular weight excluding hydrogens is 559 g/mol. The van der Waals surface area contributed by atoms with Crippen LogP contribution in [0.15, 0.2) is 36.7 Å². The number of aliphatic hydroxyl groups is 1. The molecule has 6 atom stereocenters. The van der Waals surface area contributed by atoms with Crippen molar-refractivity contribution in [2.75, 3.05) is 31.8 Å². The van der Waals surface area contributed by atoms with Crippen molar-refractivity contribution in [1.29, 1.82) is 0 Å². The summed E-state index contributed by atoms with van der Waals surface area (Å²) in [4.78, 5) is 24.3. The van der Waals surface area contributed by atoms with E-state index >= 15 is 8.78 Å². The molecule has 5 N–H and O–H groups in total. The third kappa shape index (κ3) is 5.66. The Kier molecular flexibility index (Phi) is 8.08. The molecule has 4 rings (SSSR count). The Morgan fingerprint density at radius 3 is 2.69 bits per heavy atom. The summed E-state index contributed by atoms with van der Waals surface area (Å²) in [6.07, 6.45) is -2.90. The molecule has 3 aromatic rings. The third-order valence-corrected chi connectivity index (χ3v) is 8.45. The summed E-state index contributed by atoms with van der Waals surface area (Å²) in [5.74, 6) is -3.40. The molecule has 1 saturated heterocycles. The van der Waals surface area contributed by atoms with Crippen LogP contribution >= 0.6 is 6.64 Å². The van der Waals surface area contributed by atoms with Crippen LogP contribution in [-0.2, 0) is 30.6 Å².